The van der Waals surface area contributed by atoms with E-state index in [1.807, 2.05) is 6.07 Å². The molecule has 0 radical (unpaired) electrons. The fourth-order valence-electron chi connectivity index (χ4n) is 2.89. The van der Waals surface area contributed by atoms with Crippen LogP contribution in [0.4, 0.5) is 4.39 Å². The van der Waals surface area contributed by atoms with E-state index in [0.29, 0.717) is 22.1 Å². The third-order valence-electron chi connectivity index (χ3n) is 4.44. The molecule has 31 heavy (non-hydrogen) atoms. The third-order valence-corrected chi connectivity index (χ3v) is 4.76. The monoisotopic (exact) mass is 443 g/mol. The van der Waals surface area contributed by atoms with Gasteiger partial charge in [-0.1, -0.05) is 41.9 Å². The summed E-state index contributed by atoms with van der Waals surface area (Å²) in [6.07, 6.45) is -1.62. The molecule has 2 N–H and O–H groups in total. The molecule has 3 aromatic rings. The lowest BCUT2D eigenvalue weighted by Gasteiger charge is -2.28. The van der Waals surface area contributed by atoms with E-state index < -0.39 is 30.0 Å². The van der Waals surface area contributed by atoms with E-state index in [2.05, 4.69) is 0 Å². The summed E-state index contributed by atoms with van der Waals surface area (Å²) in [5.74, 6) is 0.0603. The number of halogens is 2. The van der Waals surface area contributed by atoms with Crippen LogP contribution in [0.25, 0.3) is 0 Å². The summed E-state index contributed by atoms with van der Waals surface area (Å²) in [4.78, 5) is 12.1. The predicted octanol–water partition coefficient (Wildman–Crippen LogP) is 5.67. The Hall–Kier alpha value is -3.09. The van der Waals surface area contributed by atoms with Crippen LogP contribution in [0, 0.1) is 5.82 Å². The molecule has 0 aliphatic carbocycles. The van der Waals surface area contributed by atoms with Gasteiger partial charge in [0.25, 0.3) is 0 Å². The van der Waals surface area contributed by atoms with Crippen molar-refractivity contribution in [3.05, 3.63) is 89.2 Å². The van der Waals surface area contributed by atoms with Gasteiger partial charge in [-0.25, -0.2) is 4.39 Å². The summed E-state index contributed by atoms with van der Waals surface area (Å²) < 4.78 is 31.6. The largest absolute Gasteiger partial charge is 0.480 e. The second kappa shape index (κ2) is 10.3. The standard InChI is InChI=1S/C24H23ClFNO4/c1-15(27)24(28)29-16(2)23(31-21-11-7-6-10-20(21)25)19-13-12-17(26)14-22(19)30-18-8-4-3-5-9-18/h3-16,23H,27H2,1-2H3/t15-,16-,23-/m0/s1. The maximum Gasteiger partial charge on any atom is 0.323 e. The predicted molar refractivity (Wildman–Crippen MR) is 117 cm³/mol. The quantitative estimate of drug-likeness (QED) is 0.454. The van der Waals surface area contributed by atoms with Gasteiger partial charge < -0.3 is 19.9 Å². The van der Waals surface area contributed by atoms with Gasteiger partial charge in [0.15, 0.2) is 6.10 Å². The molecule has 0 bridgehead atoms. The molecule has 3 rings (SSSR count). The maximum atomic E-state index is 14.1. The van der Waals surface area contributed by atoms with Crippen molar-refractivity contribution >= 4 is 17.6 Å². The van der Waals surface area contributed by atoms with E-state index >= 15 is 0 Å². The van der Waals surface area contributed by atoms with Gasteiger partial charge in [0, 0.05) is 11.6 Å². The van der Waals surface area contributed by atoms with E-state index in [4.69, 9.17) is 31.5 Å². The van der Waals surface area contributed by atoms with Crippen LogP contribution < -0.4 is 15.2 Å². The summed E-state index contributed by atoms with van der Waals surface area (Å²) in [6, 6.07) is 19.1. The van der Waals surface area contributed by atoms with Gasteiger partial charge in [0.2, 0.25) is 0 Å². The molecule has 0 saturated heterocycles. The SMILES string of the molecule is C[C@H](N)C(=O)O[C@@H](C)[C@H](Oc1ccccc1Cl)c1ccc(F)cc1Oc1ccccc1. The number of carbonyl (C=O) groups is 1. The summed E-state index contributed by atoms with van der Waals surface area (Å²) >= 11 is 6.27. The Morgan fingerprint density at radius 3 is 2.32 bits per heavy atom. The van der Waals surface area contributed by atoms with Gasteiger partial charge in [-0.05, 0) is 50.2 Å². The molecule has 0 amide bonds. The number of rotatable bonds is 8. The average molecular weight is 444 g/mol. The molecule has 0 unspecified atom stereocenters. The third kappa shape index (κ3) is 5.96. The van der Waals surface area contributed by atoms with Crippen molar-refractivity contribution in [3.63, 3.8) is 0 Å². The van der Waals surface area contributed by atoms with Crippen LogP contribution in [0.5, 0.6) is 17.2 Å². The minimum Gasteiger partial charge on any atom is -0.480 e. The van der Waals surface area contributed by atoms with E-state index in [-0.39, 0.29) is 5.75 Å². The first-order chi connectivity index (χ1) is 14.8. The van der Waals surface area contributed by atoms with E-state index in [0.717, 1.165) is 0 Å². The Labute approximate surface area is 185 Å². The number of ether oxygens (including phenoxy) is 3. The van der Waals surface area contributed by atoms with Crippen LogP contribution in [-0.4, -0.2) is 18.1 Å². The molecule has 5 nitrogen and oxygen atoms in total. The average Bonchev–Trinajstić information content (AvgIpc) is 2.74. The zero-order valence-electron chi connectivity index (χ0n) is 17.1. The van der Waals surface area contributed by atoms with Crippen LogP contribution in [0.3, 0.4) is 0 Å². The first-order valence-corrected chi connectivity index (χ1v) is 10.1. The highest BCUT2D eigenvalue weighted by molar-refractivity contribution is 6.32. The van der Waals surface area contributed by atoms with Crippen molar-refractivity contribution in [3.8, 4) is 17.2 Å². The Morgan fingerprint density at radius 1 is 0.968 bits per heavy atom. The van der Waals surface area contributed by atoms with Crippen molar-refractivity contribution in [2.24, 2.45) is 5.73 Å². The molecule has 0 spiro atoms. The molecule has 0 saturated carbocycles. The van der Waals surface area contributed by atoms with Crippen molar-refractivity contribution in [2.75, 3.05) is 0 Å². The van der Waals surface area contributed by atoms with Gasteiger partial charge >= 0.3 is 5.97 Å². The summed E-state index contributed by atoms with van der Waals surface area (Å²) in [6.45, 7) is 3.19. The zero-order valence-corrected chi connectivity index (χ0v) is 17.9. The van der Waals surface area contributed by atoms with Gasteiger partial charge in [-0.3, -0.25) is 4.79 Å². The first-order valence-electron chi connectivity index (χ1n) is 9.74. The molecule has 0 fully saturated rings. The van der Waals surface area contributed by atoms with Crippen LogP contribution in [-0.2, 0) is 9.53 Å². The number of hydrogen-bond donors (Lipinski definition) is 1. The van der Waals surface area contributed by atoms with Crippen molar-refractivity contribution < 1.29 is 23.4 Å². The molecule has 0 aromatic heterocycles. The van der Waals surface area contributed by atoms with Gasteiger partial charge in [0.05, 0.1) is 5.02 Å². The molecule has 3 atom stereocenters. The van der Waals surface area contributed by atoms with Gasteiger partial charge in [0.1, 0.15) is 35.2 Å². The highest BCUT2D eigenvalue weighted by Gasteiger charge is 2.30. The molecule has 0 aliphatic rings. The molecule has 0 heterocycles. The first kappa shape index (κ1) is 22.6. The fraction of sp³-hybridized carbons (Fsp3) is 0.208. The number of nitrogens with two attached hydrogens (primary N) is 1. The summed E-state index contributed by atoms with van der Waals surface area (Å²) in [5, 5.41) is 0.380. The maximum absolute atomic E-state index is 14.1. The number of benzene rings is 3. The Morgan fingerprint density at radius 2 is 1.65 bits per heavy atom. The minimum absolute atomic E-state index is 0.229. The minimum atomic E-state index is -0.845. The second-order valence-electron chi connectivity index (χ2n) is 7.00. The molecule has 7 heteroatoms. The lowest BCUT2D eigenvalue weighted by molar-refractivity contribution is -0.154. The van der Waals surface area contributed by atoms with Crippen molar-refractivity contribution in [1.82, 2.24) is 0 Å². The molecular formula is C24H23ClFNO4. The lowest BCUT2D eigenvalue weighted by atomic mass is 10.0. The number of hydrogen-bond acceptors (Lipinski definition) is 5. The van der Waals surface area contributed by atoms with Crippen LogP contribution >= 0.6 is 11.6 Å². The van der Waals surface area contributed by atoms with E-state index in [1.54, 1.807) is 55.5 Å². The highest BCUT2D eigenvalue weighted by atomic mass is 35.5. The number of para-hydroxylation sites is 2. The smallest absolute Gasteiger partial charge is 0.323 e. The van der Waals surface area contributed by atoms with Crippen molar-refractivity contribution in [2.45, 2.75) is 32.1 Å². The molecule has 0 aliphatic heterocycles. The topological polar surface area (TPSA) is 70.8 Å². The van der Waals surface area contributed by atoms with Crippen LogP contribution in [0.2, 0.25) is 5.02 Å². The zero-order chi connectivity index (χ0) is 22.4. The highest BCUT2D eigenvalue weighted by Crippen LogP contribution is 2.37. The molecular weight excluding hydrogens is 421 g/mol. The van der Waals surface area contributed by atoms with Gasteiger partial charge in [-0.15, -0.1) is 0 Å². The van der Waals surface area contributed by atoms with E-state index in [9.17, 15) is 9.18 Å². The lowest BCUT2D eigenvalue weighted by Crippen LogP contribution is -2.35. The van der Waals surface area contributed by atoms with Gasteiger partial charge in [-0.2, -0.15) is 0 Å². The summed E-state index contributed by atoms with van der Waals surface area (Å²) in [5.41, 5.74) is 6.12. The van der Waals surface area contributed by atoms with Crippen LogP contribution in [0.15, 0.2) is 72.8 Å². The van der Waals surface area contributed by atoms with E-state index in [1.165, 1.54) is 25.1 Å². The van der Waals surface area contributed by atoms with Crippen molar-refractivity contribution in [1.29, 1.82) is 0 Å². The Balaban J connectivity index is 2.01. The van der Waals surface area contributed by atoms with Crippen LogP contribution in [0.1, 0.15) is 25.5 Å². The fourth-order valence-corrected chi connectivity index (χ4v) is 3.07. The molecule has 3 aromatic carbocycles. The Kier molecular flexibility index (Phi) is 7.50. The summed E-state index contributed by atoms with van der Waals surface area (Å²) in [7, 11) is 0. The normalized spacial score (nSPS) is 13.7. The number of esters is 1. The molecule has 162 valence electrons. The second-order valence-corrected chi connectivity index (χ2v) is 7.40. The Bertz CT molecular complexity index is 1030. The number of carbonyl (C=O) groups excluding carboxylic acids is 1.